The van der Waals surface area contributed by atoms with Gasteiger partial charge in [0.15, 0.2) is 0 Å². The van der Waals surface area contributed by atoms with E-state index in [1.807, 2.05) is 18.2 Å². The molecule has 2 N–H and O–H groups in total. The summed E-state index contributed by atoms with van der Waals surface area (Å²) in [6.45, 7) is 4.50. The molecule has 4 heteroatoms. The van der Waals surface area contributed by atoms with Crippen LogP contribution in [0.15, 0.2) is 24.0 Å². The number of primary amides is 1. The first-order valence-corrected chi connectivity index (χ1v) is 8.25. The predicted molar refractivity (Wildman–Crippen MR) is 82.4 cm³/mol. The molecule has 0 spiro atoms. The number of rotatable bonds is 6. The molecule has 0 radical (unpaired) electrons. The van der Waals surface area contributed by atoms with Gasteiger partial charge < -0.3 is 15.4 Å². The fourth-order valence-electron chi connectivity index (χ4n) is 3.91. The summed E-state index contributed by atoms with van der Waals surface area (Å²) in [5.74, 6) is 2.40. The van der Waals surface area contributed by atoms with Crippen LogP contribution in [0.5, 0.6) is 0 Å². The van der Waals surface area contributed by atoms with Gasteiger partial charge in [-0.3, -0.25) is 4.79 Å². The van der Waals surface area contributed by atoms with Crippen molar-refractivity contribution in [1.29, 1.82) is 0 Å². The molecule has 1 heterocycles. The Labute approximate surface area is 127 Å². The molecule has 4 nitrogen and oxygen atoms in total. The van der Waals surface area contributed by atoms with E-state index >= 15 is 0 Å². The maximum absolute atomic E-state index is 11.0. The molecular formula is C17H26N2O2. The molecule has 21 heavy (non-hydrogen) atoms. The van der Waals surface area contributed by atoms with E-state index in [0.717, 1.165) is 37.2 Å². The fourth-order valence-corrected chi connectivity index (χ4v) is 3.91. The lowest BCUT2D eigenvalue weighted by molar-refractivity contribution is -0.120. The number of ether oxygens (including phenoxy) is 1. The number of nitrogens with two attached hydrogens (primary N) is 1. The number of hydrogen-bond donors (Lipinski definition) is 1. The van der Waals surface area contributed by atoms with E-state index in [9.17, 15) is 4.79 Å². The van der Waals surface area contributed by atoms with E-state index in [0.29, 0.717) is 6.42 Å². The summed E-state index contributed by atoms with van der Waals surface area (Å²) in [5, 5.41) is 0. The Kier molecular flexibility index (Phi) is 4.63. The van der Waals surface area contributed by atoms with Gasteiger partial charge in [0.2, 0.25) is 5.91 Å². The molecule has 1 aliphatic heterocycles. The zero-order chi connectivity index (χ0) is 14.7. The molecule has 2 aliphatic carbocycles. The van der Waals surface area contributed by atoms with Crippen LogP contribution in [0.25, 0.3) is 0 Å². The van der Waals surface area contributed by atoms with Crippen LogP contribution in [-0.4, -0.2) is 37.0 Å². The molecule has 0 aromatic carbocycles. The van der Waals surface area contributed by atoms with Gasteiger partial charge in [0.1, 0.15) is 5.76 Å². The van der Waals surface area contributed by atoms with Crippen molar-refractivity contribution in [3.8, 4) is 0 Å². The Morgan fingerprint density at radius 2 is 2.10 bits per heavy atom. The maximum Gasteiger partial charge on any atom is 0.224 e. The number of amides is 1. The van der Waals surface area contributed by atoms with Crippen LogP contribution < -0.4 is 5.73 Å². The van der Waals surface area contributed by atoms with Crippen molar-refractivity contribution >= 4 is 5.91 Å². The largest absolute Gasteiger partial charge is 0.494 e. The van der Waals surface area contributed by atoms with Gasteiger partial charge in [-0.25, -0.2) is 0 Å². The number of fused-ring (bicyclic) bond motifs is 1. The minimum absolute atomic E-state index is 0.165. The Bertz CT molecular complexity index is 432. The van der Waals surface area contributed by atoms with Crippen molar-refractivity contribution in [2.24, 2.45) is 23.5 Å². The fraction of sp³-hybridized carbons (Fsp3) is 0.706. The second-order valence-electron chi connectivity index (χ2n) is 6.62. The van der Waals surface area contributed by atoms with Crippen molar-refractivity contribution in [3.05, 3.63) is 24.0 Å². The van der Waals surface area contributed by atoms with E-state index in [2.05, 4.69) is 4.90 Å². The minimum Gasteiger partial charge on any atom is -0.494 e. The first kappa shape index (κ1) is 14.6. The highest BCUT2D eigenvalue weighted by molar-refractivity contribution is 5.79. The van der Waals surface area contributed by atoms with Gasteiger partial charge >= 0.3 is 0 Å². The van der Waals surface area contributed by atoms with Gasteiger partial charge in [0, 0.05) is 19.6 Å². The van der Waals surface area contributed by atoms with Crippen molar-refractivity contribution < 1.29 is 9.53 Å². The summed E-state index contributed by atoms with van der Waals surface area (Å²) in [7, 11) is 0. The Morgan fingerprint density at radius 3 is 2.71 bits per heavy atom. The summed E-state index contributed by atoms with van der Waals surface area (Å²) < 4.78 is 5.76. The second kappa shape index (κ2) is 6.65. The molecule has 1 amide bonds. The Balaban J connectivity index is 1.31. The van der Waals surface area contributed by atoms with E-state index in [1.54, 1.807) is 0 Å². The lowest BCUT2D eigenvalue weighted by Crippen LogP contribution is -2.24. The third-order valence-corrected chi connectivity index (χ3v) is 5.12. The average Bonchev–Trinajstić information content (AvgIpc) is 3.05. The third kappa shape index (κ3) is 3.67. The average molecular weight is 290 g/mol. The zero-order valence-corrected chi connectivity index (χ0v) is 12.7. The first-order valence-electron chi connectivity index (χ1n) is 8.25. The first-order chi connectivity index (χ1) is 10.2. The zero-order valence-electron chi connectivity index (χ0n) is 12.7. The molecule has 1 saturated carbocycles. The van der Waals surface area contributed by atoms with Gasteiger partial charge in [-0.2, -0.15) is 0 Å². The van der Waals surface area contributed by atoms with Crippen LogP contribution in [0.3, 0.4) is 0 Å². The van der Waals surface area contributed by atoms with Gasteiger partial charge in [-0.15, -0.1) is 0 Å². The van der Waals surface area contributed by atoms with Crippen LogP contribution >= 0.6 is 0 Å². The molecule has 0 aromatic heterocycles. The number of allylic oxidation sites excluding steroid dienone is 2. The molecular weight excluding hydrogens is 264 g/mol. The number of likely N-dealkylation sites (tertiary alicyclic amines) is 1. The highest BCUT2D eigenvalue weighted by Gasteiger charge is 2.35. The Morgan fingerprint density at radius 1 is 1.33 bits per heavy atom. The highest BCUT2D eigenvalue weighted by atomic mass is 16.5. The summed E-state index contributed by atoms with van der Waals surface area (Å²) >= 11 is 0. The SMILES string of the molecule is NC(=O)C1C=CC(OCCCN2CC3CCCC3C2)=CC1. The number of nitrogens with zero attached hydrogens (tertiary/aromatic N) is 1. The van der Waals surface area contributed by atoms with E-state index in [-0.39, 0.29) is 11.8 Å². The Hall–Kier alpha value is -1.29. The molecule has 3 unspecified atom stereocenters. The highest BCUT2D eigenvalue weighted by Crippen LogP contribution is 2.37. The van der Waals surface area contributed by atoms with Gasteiger partial charge in [-0.1, -0.05) is 12.5 Å². The smallest absolute Gasteiger partial charge is 0.224 e. The molecule has 2 fully saturated rings. The summed E-state index contributed by atoms with van der Waals surface area (Å²) in [4.78, 5) is 13.6. The van der Waals surface area contributed by atoms with Crippen molar-refractivity contribution in [2.75, 3.05) is 26.2 Å². The van der Waals surface area contributed by atoms with Gasteiger partial charge in [0.05, 0.1) is 12.5 Å². The summed E-state index contributed by atoms with van der Waals surface area (Å²) in [5.41, 5.74) is 5.28. The quantitative estimate of drug-likeness (QED) is 0.762. The van der Waals surface area contributed by atoms with Crippen molar-refractivity contribution in [3.63, 3.8) is 0 Å². The van der Waals surface area contributed by atoms with Gasteiger partial charge in [0.25, 0.3) is 0 Å². The maximum atomic E-state index is 11.0. The second-order valence-corrected chi connectivity index (χ2v) is 6.62. The standard InChI is InChI=1S/C17H26N2O2/c18-17(20)13-5-7-16(8-6-13)21-10-2-9-19-11-14-3-1-4-15(14)12-19/h5,7-8,13-15H,1-4,6,9-12H2,(H2,18,20). The van der Waals surface area contributed by atoms with Crippen molar-refractivity contribution in [2.45, 2.75) is 32.1 Å². The van der Waals surface area contributed by atoms with Crippen LogP contribution in [0, 0.1) is 17.8 Å². The minimum atomic E-state index is -0.263. The van der Waals surface area contributed by atoms with E-state index in [4.69, 9.17) is 10.5 Å². The summed E-state index contributed by atoms with van der Waals surface area (Å²) in [6, 6.07) is 0. The van der Waals surface area contributed by atoms with Crippen molar-refractivity contribution in [1.82, 2.24) is 4.90 Å². The predicted octanol–water partition coefficient (Wildman–Crippen LogP) is 2.07. The molecule has 1 saturated heterocycles. The summed E-state index contributed by atoms with van der Waals surface area (Å²) in [6.07, 6.45) is 11.8. The van der Waals surface area contributed by atoms with E-state index < -0.39 is 0 Å². The molecule has 0 bridgehead atoms. The van der Waals surface area contributed by atoms with E-state index in [1.165, 1.54) is 32.4 Å². The van der Waals surface area contributed by atoms with Crippen LogP contribution in [0.2, 0.25) is 0 Å². The molecule has 3 atom stereocenters. The molecule has 3 aliphatic rings. The normalized spacial score (nSPS) is 32.0. The molecule has 3 rings (SSSR count). The monoisotopic (exact) mass is 290 g/mol. The third-order valence-electron chi connectivity index (χ3n) is 5.12. The van der Waals surface area contributed by atoms with Gasteiger partial charge in [-0.05, 0) is 49.7 Å². The lowest BCUT2D eigenvalue weighted by atomic mass is 10.00. The molecule has 116 valence electrons. The van der Waals surface area contributed by atoms with Crippen LogP contribution in [0.4, 0.5) is 0 Å². The van der Waals surface area contributed by atoms with Crippen LogP contribution in [0.1, 0.15) is 32.1 Å². The number of carbonyl (C=O) groups is 1. The molecule has 0 aromatic rings. The van der Waals surface area contributed by atoms with Crippen LogP contribution in [-0.2, 0) is 9.53 Å². The number of carbonyl (C=O) groups excluding carboxylic acids is 1. The topological polar surface area (TPSA) is 55.6 Å². The number of hydrogen-bond acceptors (Lipinski definition) is 3. The lowest BCUT2D eigenvalue weighted by Gasteiger charge is -2.18.